The van der Waals surface area contributed by atoms with E-state index in [9.17, 15) is 0 Å². The molecule has 3 rings (SSSR count). The summed E-state index contributed by atoms with van der Waals surface area (Å²) in [5.74, 6) is 0. The Balaban J connectivity index is 1.85. The van der Waals surface area contributed by atoms with E-state index in [4.69, 9.17) is 0 Å². The maximum Gasteiger partial charge on any atom is 0.0622 e. The third-order valence-electron chi connectivity index (χ3n) is 4.65. The Morgan fingerprint density at radius 3 is 2.56 bits per heavy atom. The minimum absolute atomic E-state index is 0.857. The molecule has 0 atom stereocenters. The molecule has 0 spiro atoms. The maximum atomic E-state index is 4.67. The lowest BCUT2D eigenvalue weighted by atomic mass is 10.1. The second-order valence-corrected chi connectivity index (χ2v) is 6.82. The number of fused-ring (bicyclic) bond motifs is 1. The van der Waals surface area contributed by atoms with Crippen molar-refractivity contribution in [1.29, 1.82) is 0 Å². The Bertz CT molecular complexity index is 836. The van der Waals surface area contributed by atoms with Gasteiger partial charge in [0.05, 0.1) is 11.4 Å². The van der Waals surface area contributed by atoms with Gasteiger partial charge in [-0.15, -0.1) is 0 Å². The Hall–Kier alpha value is -2.26. The zero-order valence-corrected chi connectivity index (χ0v) is 15.5. The highest BCUT2D eigenvalue weighted by molar-refractivity contribution is 5.84. The number of rotatable bonds is 7. The molecule has 0 fully saturated rings. The summed E-state index contributed by atoms with van der Waals surface area (Å²) in [7, 11) is 0. The first-order valence-corrected chi connectivity index (χ1v) is 9.14. The Morgan fingerprint density at radius 1 is 0.960 bits per heavy atom. The van der Waals surface area contributed by atoms with Gasteiger partial charge in [0.1, 0.15) is 0 Å². The summed E-state index contributed by atoms with van der Waals surface area (Å²) in [6, 6.07) is 12.8. The van der Waals surface area contributed by atoms with E-state index in [1.165, 1.54) is 40.4 Å². The minimum Gasteiger partial charge on any atom is -0.292 e. The molecular formula is C22H27N3. The van der Waals surface area contributed by atoms with Crippen LogP contribution in [0, 0.1) is 13.8 Å². The van der Waals surface area contributed by atoms with Gasteiger partial charge in [-0.3, -0.25) is 14.9 Å². The van der Waals surface area contributed by atoms with Gasteiger partial charge < -0.3 is 0 Å². The molecule has 3 nitrogen and oxygen atoms in total. The van der Waals surface area contributed by atoms with Crippen LogP contribution in [0.5, 0.6) is 0 Å². The molecular weight excluding hydrogens is 306 g/mol. The molecule has 130 valence electrons. The number of aryl methyl sites for hydroxylation is 2. The summed E-state index contributed by atoms with van der Waals surface area (Å²) >= 11 is 0. The van der Waals surface area contributed by atoms with E-state index in [1.54, 1.807) is 0 Å². The lowest BCUT2D eigenvalue weighted by molar-refractivity contribution is 0.247. The van der Waals surface area contributed by atoms with Gasteiger partial charge in [0, 0.05) is 30.9 Å². The van der Waals surface area contributed by atoms with Gasteiger partial charge in [0.25, 0.3) is 0 Å². The van der Waals surface area contributed by atoms with Crippen molar-refractivity contribution in [2.45, 2.75) is 46.7 Å². The summed E-state index contributed by atoms with van der Waals surface area (Å²) in [4.78, 5) is 11.8. The van der Waals surface area contributed by atoms with Crippen LogP contribution in [0.1, 0.15) is 42.3 Å². The second-order valence-electron chi connectivity index (χ2n) is 6.82. The predicted octanol–water partition coefficient (Wildman–Crippen LogP) is 5.05. The van der Waals surface area contributed by atoms with Gasteiger partial charge in [-0.2, -0.15) is 0 Å². The molecule has 0 saturated carbocycles. The molecule has 0 unspecified atom stereocenters. The number of hydrogen-bond donors (Lipinski definition) is 0. The molecule has 0 N–H and O–H groups in total. The summed E-state index contributed by atoms with van der Waals surface area (Å²) in [6.07, 6.45) is 6.27. The van der Waals surface area contributed by atoms with Crippen LogP contribution >= 0.6 is 0 Å². The lowest BCUT2D eigenvalue weighted by Gasteiger charge is -2.23. The average molecular weight is 333 g/mol. The predicted molar refractivity (Wildman–Crippen MR) is 104 cm³/mol. The molecule has 0 aliphatic carbocycles. The normalized spacial score (nSPS) is 11.4. The highest BCUT2D eigenvalue weighted by Crippen LogP contribution is 2.19. The van der Waals surface area contributed by atoms with Crippen molar-refractivity contribution in [2.75, 3.05) is 6.54 Å². The van der Waals surface area contributed by atoms with E-state index in [0.29, 0.717) is 0 Å². The van der Waals surface area contributed by atoms with Crippen LogP contribution in [0.3, 0.4) is 0 Å². The van der Waals surface area contributed by atoms with E-state index in [0.717, 1.165) is 25.3 Å². The van der Waals surface area contributed by atoms with Gasteiger partial charge in [0.15, 0.2) is 0 Å². The van der Waals surface area contributed by atoms with Crippen LogP contribution in [0.15, 0.2) is 48.8 Å². The highest BCUT2D eigenvalue weighted by atomic mass is 15.1. The molecule has 0 saturated heterocycles. The fraction of sp³-hybridized carbons (Fsp3) is 0.364. The summed E-state index contributed by atoms with van der Waals surface area (Å²) in [5, 5.41) is 2.51. The van der Waals surface area contributed by atoms with E-state index in [2.05, 4.69) is 72.0 Å². The van der Waals surface area contributed by atoms with Crippen molar-refractivity contribution in [2.24, 2.45) is 0 Å². The average Bonchev–Trinajstić information content (AvgIpc) is 2.62. The number of unbranched alkanes of at least 4 members (excludes halogenated alkanes) is 1. The van der Waals surface area contributed by atoms with Crippen molar-refractivity contribution in [3.63, 3.8) is 0 Å². The molecule has 0 aliphatic heterocycles. The summed E-state index contributed by atoms with van der Waals surface area (Å²) in [6.45, 7) is 9.29. The molecule has 1 aromatic carbocycles. The Morgan fingerprint density at radius 2 is 1.76 bits per heavy atom. The van der Waals surface area contributed by atoms with Gasteiger partial charge in [-0.05, 0) is 49.4 Å². The lowest BCUT2D eigenvalue weighted by Crippen LogP contribution is -2.25. The number of nitrogens with zero attached hydrogens (tertiary/aromatic N) is 3. The SMILES string of the molecule is CCCCN(Cc1ncc(C)cc1C)Cc1nccc2ccccc12. The molecule has 25 heavy (non-hydrogen) atoms. The fourth-order valence-corrected chi connectivity index (χ4v) is 3.24. The van der Waals surface area contributed by atoms with Crippen LogP contribution in [-0.2, 0) is 13.1 Å². The first-order valence-electron chi connectivity index (χ1n) is 9.14. The molecule has 2 aromatic heterocycles. The second kappa shape index (κ2) is 8.21. The third-order valence-corrected chi connectivity index (χ3v) is 4.65. The van der Waals surface area contributed by atoms with Crippen LogP contribution in [0.2, 0.25) is 0 Å². The van der Waals surface area contributed by atoms with Crippen molar-refractivity contribution >= 4 is 10.8 Å². The topological polar surface area (TPSA) is 29.0 Å². The van der Waals surface area contributed by atoms with E-state index >= 15 is 0 Å². The van der Waals surface area contributed by atoms with Gasteiger partial charge >= 0.3 is 0 Å². The molecule has 3 heteroatoms. The Kier molecular flexibility index (Phi) is 5.77. The minimum atomic E-state index is 0.857. The molecule has 0 bridgehead atoms. The van der Waals surface area contributed by atoms with Gasteiger partial charge in [0.2, 0.25) is 0 Å². The van der Waals surface area contributed by atoms with Gasteiger partial charge in [-0.1, -0.05) is 43.7 Å². The molecule has 0 radical (unpaired) electrons. The van der Waals surface area contributed by atoms with Crippen LogP contribution in [0.4, 0.5) is 0 Å². The monoisotopic (exact) mass is 333 g/mol. The summed E-state index contributed by atoms with van der Waals surface area (Å²) < 4.78 is 0. The van der Waals surface area contributed by atoms with E-state index < -0.39 is 0 Å². The van der Waals surface area contributed by atoms with Crippen molar-refractivity contribution in [3.8, 4) is 0 Å². The van der Waals surface area contributed by atoms with E-state index in [-0.39, 0.29) is 0 Å². The third kappa shape index (κ3) is 4.43. The quantitative estimate of drug-likeness (QED) is 0.606. The number of aromatic nitrogens is 2. The maximum absolute atomic E-state index is 4.67. The van der Waals surface area contributed by atoms with Crippen molar-refractivity contribution < 1.29 is 0 Å². The first kappa shape index (κ1) is 17.6. The Labute approximate surface area is 150 Å². The fourth-order valence-electron chi connectivity index (χ4n) is 3.24. The van der Waals surface area contributed by atoms with Gasteiger partial charge in [-0.25, -0.2) is 0 Å². The summed E-state index contributed by atoms with van der Waals surface area (Å²) in [5.41, 5.74) is 4.81. The molecule has 3 aromatic rings. The standard InChI is InChI=1S/C22H27N3/c1-4-5-12-25(15-21-18(3)13-17(2)14-24-21)16-22-20-9-7-6-8-19(20)10-11-23-22/h6-11,13-14H,4-5,12,15-16H2,1-3H3. The first-order chi connectivity index (χ1) is 12.2. The van der Waals surface area contributed by atoms with E-state index in [1.807, 2.05) is 12.4 Å². The molecule has 2 heterocycles. The zero-order valence-electron chi connectivity index (χ0n) is 15.5. The van der Waals surface area contributed by atoms with Crippen LogP contribution in [-0.4, -0.2) is 21.4 Å². The van der Waals surface area contributed by atoms with Crippen LogP contribution < -0.4 is 0 Å². The molecule has 0 aliphatic rings. The number of hydrogen-bond acceptors (Lipinski definition) is 3. The largest absolute Gasteiger partial charge is 0.292 e. The smallest absolute Gasteiger partial charge is 0.0622 e. The highest BCUT2D eigenvalue weighted by Gasteiger charge is 2.12. The number of pyridine rings is 2. The van der Waals surface area contributed by atoms with Crippen molar-refractivity contribution in [3.05, 3.63) is 71.3 Å². The number of benzene rings is 1. The van der Waals surface area contributed by atoms with Crippen LogP contribution in [0.25, 0.3) is 10.8 Å². The van der Waals surface area contributed by atoms with Crippen molar-refractivity contribution in [1.82, 2.24) is 14.9 Å². The zero-order chi connectivity index (χ0) is 17.6. The molecule has 0 amide bonds.